The molecule has 1 amide bonds. The molecule has 0 spiro atoms. The zero-order chi connectivity index (χ0) is 14.7. The van der Waals surface area contributed by atoms with Gasteiger partial charge in [-0.3, -0.25) is 0 Å². The Kier molecular flexibility index (Phi) is 4.59. The average Bonchev–Trinajstić information content (AvgIpc) is 2.38. The van der Waals surface area contributed by atoms with Gasteiger partial charge in [0, 0.05) is 6.54 Å². The van der Waals surface area contributed by atoms with Crippen LogP contribution in [0.3, 0.4) is 0 Å². The Balaban J connectivity index is 2.22. The van der Waals surface area contributed by atoms with Crippen LogP contribution in [0, 0.1) is 11.7 Å². The molecule has 0 saturated carbocycles. The highest BCUT2D eigenvalue weighted by atomic mass is 32.2. The molecule has 0 aliphatic carbocycles. The number of rotatable bonds is 3. The summed E-state index contributed by atoms with van der Waals surface area (Å²) in [5.74, 6) is -0.368. The van der Waals surface area contributed by atoms with Crippen LogP contribution < -0.4 is 0 Å². The lowest BCUT2D eigenvalue weighted by Gasteiger charge is -2.37. The Morgan fingerprint density at radius 2 is 2.00 bits per heavy atom. The lowest BCUT2D eigenvalue weighted by molar-refractivity contribution is 0.0933. The average molecular weight is 301 g/mol. The first-order chi connectivity index (χ1) is 9.47. The lowest BCUT2D eigenvalue weighted by atomic mass is 9.88. The molecule has 1 fully saturated rings. The zero-order valence-electron chi connectivity index (χ0n) is 10.7. The van der Waals surface area contributed by atoms with Crippen LogP contribution in [0.25, 0.3) is 0 Å². The van der Waals surface area contributed by atoms with Crippen LogP contribution in [0.1, 0.15) is 24.4 Å². The molecule has 5 nitrogen and oxygen atoms in total. The van der Waals surface area contributed by atoms with Crippen LogP contribution in [0.4, 0.5) is 9.18 Å². The van der Waals surface area contributed by atoms with Gasteiger partial charge < -0.3 is 10.0 Å². The number of amides is 1. The van der Waals surface area contributed by atoms with Crippen molar-refractivity contribution in [2.24, 2.45) is 5.92 Å². The number of carboxylic acid groups (broad SMARTS) is 1. The molecule has 7 heteroatoms. The van der Waals surface area contributed by atoms with E-state index in [2.05, 4.69) is 0 Å². The quantitative estimate of drug-likeness (QED) is 0.836. The second kappa shape index (κ2) is 6.21. The second-order valence-corrected chi connectivity index (χ2v) is 5.98. The molecule has 1 aromatic rings. The number of carbonyl (C=O) groups is 1. The van der Waals surface area contributed by atoms with Crippen LogP contribution in [0.5, 0.6) is 0 Å². The lowest BCUT2D eigenvalue weighted by Crippen LogP contribution is -2.41. The van der Waals surface area contributed by atoms with Crippen molar-refractivity contribution in [2.45, 2.75) is 18.9 Å². The minimum absolute atomic E-state index is 0.0539. The van der Waals surface area contributed by atoms with Gasteiger partial charge in [0.2, 0.25) is 0 Å². The topological polar surface area (TPSA) is 74.7 Å². The normalized spacial score (nSPS) is 23.0. The molecule has 2 unspecified atom stereocenters. The summed E-state index contributed by atoms with van der Waals surface area (Å²) in [6.45, 7) is 0.297. The Morgan fingerprint density at radius 3 is 2.55 bits per heavy atom. The van der Waals surface area contributed by atoms with E-state index in [-0.39, 0.29) is 17.5 Å². The number of halogens is 1. The number of hydrogen-bond donors (Lipinski definition) is 2. The SMILES string of the molecule is O=C(O)N1CCC(C[SH](=O)=O)CC1c1ccc(F)cc1. The number of thiol groups is 1. The van der Waals surface area contributed by atoms with Gasteiger partial charge in [0.25, 0.3) is 0 Å². The number of likely N-dealkylation sites (tertiary alicyclic amines) is 1. The van der Waals surface area contributed by atoms with Crippen LogP contribution in [-0.2, 0) is 10.7 Å². The van der Waals surface area contributed by atoms with E-state index < -0.39 is 22.8 Å². The van der Waals surface area contributed by atoms with Gasteiger partial charge in [0.1, 0.15) is 16.5 Å². The van der Waals surface area contributed by atoms with Gasteiger partial charge >= 0.3 is 6.09 Å². The molecule has 1 N–H and O–H groups in total. The molecule has 0 bridgehead atoms. The molecular formula is C13H16FNO4S. The first kappa shape index (κ1) is 14.8. The van der Waals surface area contributed by atoms with Gasteiger partial charge in [-0.2, -0.15) is 0 Å². The van der Waals surface area contributed by atoms with Crippen molar-refractivity contribution in [3.63, 3.8) is 0 Å². The zero-order valence-corrected chi connectivity index (χ0v) is 11.6. The van der Waals surface area contributed by atoms with Gasteiger partial charge in [-0.1, -0.05) is 12.1 Å². The predicted octanol–water partition coefficient (Wildman–Crippen LogP) is 1.87. The summed E-state index contributed by atoms with van der Waals surface area (Å²) in [6, 6.07) is 5.26. The largest absolute Gasteiger partial charge is 0.465 e. The van der Waals surface area contributed by atoms with Crippen molar-refractivity contribution >= 4 is 16.8 Å². The highest BCUT2D eigenvalue weighted by Gasteiger charge is 2.32. The Morgan fingerprint density at radius 1 is 1.35 bits per heavy atom. The summed E-state index contributed by atoms with van der Waals surface area (Å²) >= 11 is 0. The highest BCUT2D eigenvalue weighted by Crippen LogP contribution is 2.34. The third-order valence-electron chi connectivity index (χ3n) is 3.62. The molecule has 110 valence electrons. The van der Waals surface area contributed by atoms with E-state index >= 15 is 0 Å². The minimum atomic E-state index is -2.47. The van der Waals surface area contributed by atoms with E-state index in [1.807, 2.05) is 0 Å². The molecule has 0 aromatic heterocycles. The Bertz CT molecular complexity index is 550. The molecule has 1 aromatic carbocycles. The van der Waals surface area contributed by atoms with Gasteiger partial charge in [-0.15, -0.1) is 0 Å². The summed E-state index contributed by atoms with van der Waals surface area (Å²) < 4.78 is 34.6. The maximum absolute atomic E-state index is 12.9. The first-order valence-corrected chi connectivity index (χ1v) is 7.70. The Hall–Kier alpha value is -1.63. The smallest absolute Gasteiger partial charge is 0.407 e. The number of nitrogens with zero attached hydrogens (tertiary/aromatic N) is 1. The van der Waals surface area contributed by atoms with Crippen LogP contribution in [0.2, 0.25) is 0 Å². The molecular weight excluding hydrogens is 285 g/mol. The van der Waals surface area contributed by atoms with E-state index in [1.54, 1.807) is 12.1 Å². The third kappa shape index (κ3) is 3.47. The summed E-state index contributed by atoms with van der Waals surface area (Å²) in [5, 5.41) is 9.23. The summed E-state index contributed by atoms with van der Waals surface area (Å²) in [6.07, 6.45) is -0.0570. The summed E-state index contributed by atoms with van der Waals surface area (Å²) in [5.41, 5.74) is 0.694. The molecule has 0 radical (unpaired) electrons. The van der Waals surface area contributed by atoms with Crippen molar-refractivity contribution < 1.29 is 22.7 Å². The van der Waals surface area contributed by atoms with E-state index in [4.69, 9.17) is 0 Å². The van der Waals surface area contributed by atoms with Crippen LogP contribution in [0.15, 0.2) is 24.3 Å². The van der Waals surface area contributed by atoms with Crippen molar-refractivity contribution in [1.29, 1.82) is 0 Å². The molecule has 1 saturated heterocycles. The van der Waals surface area contributed by atoms with Crippen molar-refractivity contribution in [1.82, 2.24) is 4.90 Å². The van der Waals surface area contributed by atoms with Gasteiger partial charge in [0.05, 0.1) is 11.8 Å². The van der Waals surface area contributed by atoms with Gasteiger partial charge in [0.15, 0.2) is 0 Å². The van der Waals surface area contributed by atoms with E-state index in [9.17, 15) is 22.7 Å². The number of benzene rings is 1. The van der Waals surface area contributed by atoms with E-state index in [0.717, 1.165) is 0 Å². The maximum atomic E-state index is 12.9. The standard InChI is InChI=1S/C13H16FNO4S/c14-11-3-1-10(2-4-11)12-7-9(8-20(18)19)5-6-15(12)13(16)17/h1-4,9,12,20H,5-8H2,(H,16,17). The fourth-order valence-corrected chi connectivity index (χ4v) is 3.40. The van der Waals surface area contributed by atoms with Crippen LogP contribution in [-0.4, -0.2) is 36.8 Å². The molecule has 2 rings (SSSR count). The molecule has 1 aliphatic rings. The van der Waals surface area contributed by atoms with Gasteiger partial charge in [-0.25, -0.2) is 17.6 Å². The molecule has 1 heterocycles. The third-order valence-corrected chi connectivity index (χ3v) is 4.43. The summed E-state index contributed by atoms with van der Waals surface area (Å²) in [4.78, 5) is 12.6. The Labute approximate surface area is 118 Å². The fourth-order valence-electron chi connectivity index (χ4n) is 2.64. The second-order valence-electron chi connectivity index (χ2n) is 4.95. The number of piperidine rings is 1. The van der Waals surface area contributed by atoms with Crippen molar-refractivity contribution in [3.8, 4) is 0 Å². The molecule has 2 atom stereocenters. The number of hydrogen-bond acceptors (Lipinski definition) is 3. The molecule has 20 heavy (non-hydrogen) atoms. The van der Waals surface area contributed by atoms with Gasteiger partial charge in [-0.05, 0) is 36.5 Å². The molecule has 1 aliphatic heterocycles. The predicted molar refractivity (Wildman–Crippen MR) is 71.8 cm³/mol. The fraction of sp³-hybridized carbons (Fsp3) is 0.462. The van der Waals surface area contributed by atoms with Crippen molar-refractivity contribution in [2.75, 3.05) is 12.3 Å². The highest BCUT2D eigenvalue weighted by molar-refractivity contribution is 7.72. The first-order valence-electron chi connectivity index (χ1n) is 6.34. The van der Waals surface area contributed by atoms with E-state index in [1.165, 1.54) is 17.0 Å². The minimum Gasteiger partial charge on any atom is -0.465 e. The van der Waals surface area contributed by atoms with Crippen LogP contribution >= 0.6 is 0 Å². The van der Waals surface area contributed by atoms with Crippen molar-refractivity contribution in [3.05, 3.63) is 35.6 Å². The van der Waals surface area contributed by atoms with E-state index in [0.29, 0.717) is 24.9 Å². The summed E-state index contributed by atoms with van der Waals surface area (Å²) in [7, 11) is -2.47. The monoisotopic (exact) mass is 301 g/mol. The maximum Gasteiger partial charge on any atom is 0.407 e.